The number of carbonyl (C=O) groups is 3. The summed E-state index contributed by atoms with van der Waals surface area (Å²) >= 11 is 0. The Balaban J connectivity index is 0.000000210. The standard InChI is InChI=1S/C32H36N2O3.C28H36N2O5.C2H6/c1-21-15-16-27(33-22(2)29(23-11-7-5-8-12-23)24-13-9-6-10-14-24)32(35)34-18-17-25-19-26(36-3)20-28(37-4)30(25)31(21)34;1-6-18-8-10-21(29-27(31)20-9-11-22(35-7-2)23(16-20)33-4)28(32)30-13-12-19-14-17(3)15-24(34-5)25(19)26(18)30;1-2/h5-14,19-21,27,29,31,33H,2,15-18H2,1,3-4H3;9,11,14-16,18,21,26H,6-8,10,12-13H2,1-5H3,(H,29,31);1-2H3. The molecule has 2 saturated heterocycles. The molecule has 0 aliphatic carbocycles. The Kier molecular flexibility index (Phi) is 18.8. The van der Waals surface area contributed by atoms with Crippen LogP contribution in [0.15, 0.2) is 115 Å². The summed E-state index contributed by atoms with van der Waals surface area (Å²) in [5.74, 6) is 3.90. The molecule has 5 aromatic carbocycles. The fraction of sp³-hybridized carbons (Fsp3) is 0.435. The second-order valence-electron chi connectivity index (χ2n) is 19.5. The normalized spacial score (nSPS) is 20.7. The maximum Gasteiger partial charge on any atom is 0.252 e. The van der Waals surface area contributed by atoms with Gasteiger partial charge in [0.25, 0.3) is 5.91 Å². The van der Waals surface area contributed by atoms with Crippen molar-refractivity contribution >= 4 is 17.7 Å². The summed E-state index contributed by atoms with van der Waals surface area (Å²) in [5.41, 5.74) is 9.49. The first-order chi connectivity index (χ1) is 35.9. The smallest absolute Gasteiger partial charge is 0.252 e. The van der Waals surface area contributed by atoms with Gasteiger partial charge in [-0.05, 0) is 122 Å². The zero-order valence-electron chi connectivity index (χ0n) is 45.3. The lowest BCUT2D eigenvalue weighted by Gasteiger charge is -2.41. The molecule has 0 bridgehead atoms. The zero-order valence-corrected chi connectivity index (χ0v) is 45.3. The molecule has 0 saturated carbocycles. The van der Waals surface area contributed by atoms with Crippen molar-refractivity contribution in [2.45, 2.75) is 117 Å². The summed E-state index contributed by atoms with van der Waals surface area (Å²) in [6.45, 7) is 18.7. The average molecular weight is 1010 g/mol. The Bertz CT molecular complexity index is 2650. The fourth-order valence-electron chi connectivity index (χ4n) is 11.7. The van der Waals surface area contributed by atoms with E-state index in [0.717, 1.165) is 89.3 Å². The van der Waals surface area contributed by atoms with Gasteiger partial charge in [-0.2, -0.15) is 0 Å². The van der Waals surface area contributed by atoms with E-state index in [1.54, 1.807) is 46.6 Å². The van der Waals surface area contributed by atoms with Gasteiger partial charge >= 0.3 is 0 Å². The van der Waals surface area contributed by atoms with Crippen molar-refractivity contribution in [3.05, 3.63) is 160 Å². The van der Waals surface area contributed by atoms with Gasteiger partial charge in [0, 0.05) is 47.5 Å². The van der Waals surface area contributed by atoms with E-state index in [2.05, 4.69) is 110 Å². The third-order valence-corrected chi connectivity index (χ3v) is 15.2. The molecule has 2 fully saturated rings. The van der Waals surface area contributed by atoms with Gasteiger partial charge < -0.3 is 44.1 Å². The molecule has 6 unspecified atom stereocenters. The van der Waals surface area contributed by atoms with Crippen LogP contribution in [-0.2, 0) is 22.4 Å². The number of ether oxygens (including phenoxy) is 5. The predicted molar refractivity (Wildman–Crippen MR) is 293 cm³/mol. The van der Waals surface area contributed by atoms with Crippen LogP contribution in [0.4, 0.5) is 0 Å². The minimum absolute atomic E-state index is 0.0174. The SMILES string of the molecule is C=C(NC1CCC(C)C2c3c(cc(OC)cc3OC)CCN2C1=O)C(c1ccccc1)c1ccccc1.CC.CCOc1ccc(C(=O)NC2CCC(CC)C3c4c(cc(C)cc4OC)CCN3C2=O)cc1OC. The first-order valence-corrected chi connectivity index (χ1v) is 26.6. The lowest BCUT2D eigenvalue weighted by molar-refractivity contribution is -0.136. The van der Waals surface area contributed by atoms with Gasteiger partial charge in [0.05, 0.1) is 47.1 Å². The summed E-state index contributed by atoms with van der Waals surface area (Å²) in [6, 6.07) is 33.2. The average Bonchev–Trinajstić information content (AvgIpc) is 3.64. The van der Waals surface area contributed by atoms with Crippen LogP contribution in [0.5, 0.6) is 28.7 Å². The van der Waals surface area contributed by atoms with Crippen LogP contribution in [-0.4, -0.2) is 87.7 Å². The maximum absolute atomic E-state index is 14.0. The van der Waals surface area contributed by atoms with Crippen LogP contribution in [0.1, 0.15) is 134 Å². The van der Waals surface area contributed by atoms with E-state index in [1.807, 2.05) is 43.9 Å². The van der Waals surface area contributed by atoms with Crippen molar-refractivity contribution in [3.63, 3.8) is 0 Å². The second-order valence-corrected chi connectivity index (χ2v) is 19.5. The van der Waals surface area contributed by atoms with Gasteiger partial charge in [-0.3, -0.25) is 14.4 Å². The molecule has 9 rings (SSSR count). The van der Waals surface area contributed by atoms with Crippen LogP contribution >= 0.6 is 0 Å². The molecular formula is C62H78N4O8. The molecule has 0 aromatic heterocycles. The number of amides is 3. The summed E-state index contributed by atoms with van der Waals surface area (Å²) in [4.78, 5) is 45.0. The lowest BCUT2D eigenvalue weighted by Crippen LogP contribution is -2.50. The molecule has 74 heavy (non-hydrogen) atoms. The van der Waals surface area contributed by atoms with Crippen LogP contribution in [0.2, 0.25) is 0 Å². The third kappa shape index (κ3) is 11.7. The molecular weight excluding hydrogens is 929 g/mol. The fourth-order valence-corrected chi connectivity index (χ4v) is 11.7. The lowest BCUT2D eigenvalue weighted by atomic mass is 9.81. The van der Waals surface area contributed by atoms with Crippen LogP contribution in [0.25, 0.3) is 0 Å². The molecule has 6 atom stereocenters. The monoisotopic (exact) mass is 1010 g/mol. The van der Waals surface area contributed by atoms with Gasteiger partial charge in [0.15, 0.2) is 11.5 Å². The number of rotatable bonds is 14. The summed E-state index contributed by atoms with van der Waals surface area (Å²) in [7, 11) is 6.61. The number of hydrogen-bond donors (Lipinski definition) is 2. The number of aryl methyl sites for hydroxylation is 1. The number of carbonyl (C=O) groups excluding carboxylic acids is 3. The van der Waals surface area contributed by atoms with E-state index in [0.29, 0.717) is 55.0 Å². The second kappa shape index (κ2) is 25.3. The van der Waals surface area contributed by atoms with Crippen LogP contribution in [0, 0.1) is 18.8 Å². The van der Waals surface area contributed by atoms with E-state index in [-0.39, 0.29) is 41.8 Å². The van der Waals surface area contributed by atoms with E-state index in [1.165, 1.54) is 11.1 Å². The molecule has 0 radical (unpaired) electrons. The highest BCUT2D eigenvalue weighted by atomic mass is 16.5. The van der Waals surface area contributed by atoms with E-state index in [9.17, 15) is 14.4 Å². The van der Waals surface area contributed by atoms with Crippen LogP contribution < -0.4 is 34.3 Å². The van der Waals surface area contributed by atoms with Crippen molar-refractivity contribution in [2.75, 3.05) is 48.1 Å². The van der Waals surface area contributed by atoms with Crippen molar-refractivity contribution in [1.82, 2.24) is 20.4 Å². The van der Waals surface area contributed by atoms with Crippen molar-refractivity contribution < 1.29 is 38.1 Å². The van der Waals surface area contributed by atoms with E-state index >= 15 is 0 Å². The maximum atomic E-state index is 14.0. The summed E-state index contributed by atoms with van der Waals surface area (Å²) in [6.07, 6.45) is 5.64. The Hall–Kier alpha value is -6.95. The molecule has 4 aliphatic heterocycles. The molecule has 5 aromatic rings. The third-order valence-electron chi connectivity index (χ3n) is 15.2. The van der Waals surface area contributed by atoms with Crippen molar-refractivity contribution in [2.24, 2.45) is 11.8 Å². The van der Waals surface area contributed by atoms with Gasteiger partial charge in [-0.25, -0.2) is 0 Å². The molecule has 4 heterocycles. The number of allylic oxidation sites excluding steroid dienone is 1. The number of fused-ring (bicyclic) bond motifs is 6. The summed E-state index contributed by atoms with van der Waals surface area (Å²) < 4.78 is 28.0. The quantitative estimate of drug-likeness (QED) is 0.112. The Morgan fingerprint density at radius 1 is 0.649 bits per heavy atom. The van der Waals surface area contributed by atoms with Crippen molar-refractivity contribution in [3.8, 4) is 28.7 Å². The molecule has 394 valence electrons. The number of methoxy groups -OCH3 is 4. The van der Waals surface area contributed by atoms with Crippen LogP contribution in [0.3, 0.4) is 0 Å². The summed E-state index contributed by atoms with van der Waals surface area (Å²) in [5, 5.41) is 6.60. The minimum atomic E-state index is -0.572. The number of hydrogen-bond acceptors (Lipinski definition) is 9. The first kappa shape index (κ1) is 54.8. The Morgan fingerprint density at radius 3 is 1.78 bits per heavy atom. The molecule has 0 spiro atoms. The molecule has 4 aliphatic rings. The van der Waals surface area contributed by atoms with E-state index < -0.39 is 6.04 Å². The highest BCUT2D eigenvalue weighted by Gasteiger charge is 2.44. The Morgan fingerprint density at radius 2 is 1.20 bits per heavy atom. The molecule has 12 heteroatoms. The number of nitrogens with zero attached hydrogens (tertiary/aromatic N) is 2. The highest BCUT2D eigenvalue weighted by Crippen LogP contribution is 2.48. The number of benzene rings is 5. The van der Waals surface area contributed by atoms with Crippen molar-refractivity contribution in [1.29, 1.82) is 0 Å². The van der Waals surface area contributed by atoms with E-state index in [4.69, 9.17) is 23.7 Å². The van der Waals surface area contributed by atoms with Gasteiger partial charge in [0.1, 0.15) is 29.3 Å². The first-order valence-electron chi connectivity index (χ1n) is 26.6. The zero-order chi connectivity index (χ0) is 53.1. The highest BCUT2D eigenvalue weighted by molar-refractivity contribution is 5.98. The predicted octanol–water partition coefficient (Wildman–Crippen LogP) is 11.3. The largest absolute Gasteiger partial charge is 0.497 e. The Labute approximate surface area is 439 Å². The molecule has 3 amide bonds. The topological polar surface area (TPSA) is 128 Å². The minimum Gasteiger partial charge on any atom is -0.497 e. The number of nitrogens with one attached hydrogen (secondary N) is 2. The van der Waals surface area contributed by atoms with Gasteiger partial charge in [-0.15, -0.1) is 0 Å². The molecule has 2 N–H and O–H groups in total. The van der Waals surface area contributed by atoms with Gasteiger partial charge in [-0.1, -0.05) is 107 Å². The molecule has 12 nitrogen and oxygen atoms in total. The van der Waals surface area contributed by atoms with Gasteiger partial charge in [0.2, 0.25) is 11.8 Å².